The summed E-state index contributed by atoms with van der Waals surface area (Å²) in [5, 5.41) is 10.8. The molecule has 1 rings (SSSR count). The predicted molar refractivity (Wildman–Crippen MR) is 95.4 cm³/mol. The van der Waals surface area contributed by atoms with E-state index in [2.05, 4.69) is 65.5 Å². The van der Waals surface area contributed by atoms with Gasteiger partial charge in [0.2, 0.25) is 0 Å². The summed E-state index contributed by atoms with van der Waals surface area (Å²) in [6.07, 6.45) is 3.93. The molecule has 1 atom stereocenters. The first-order chi connectivity index (χ1) is 11.0. The van der Waals surface area contributed by atoms with Gasteiger partial charge in [0, 0.05) is 26.2 Å². The molecule has 23 heavy (non-hydrogen) atoms. The Morgan fingerprint density at radius 2 is 1.96 bits per heavy atom. The number of aromatic nitrogens is 3. The van der Waals surface area contributed by atoms with Crippen LogP contribution >= 0.6 is 0 Å². The van der Waals surface area contributed by atoms with Gasteiger partial charge < -0.3 is 15.5 Å². The van der Waals surface area contributed by atoms with Crippen molar-refractivity contribution in [1.82, 2.24) is 30.3 Å². The molecule has 132 valence electrons. The highest BCUT2D eigenvalue weighted by molar-refractivity contribution is 5.79. The quantitative estimate of drug-likeness (QED) is 0.528. The van der Waals surface area contributed by atoms with Gasteiger partial charge in [0.1, 0.15) is 18.7 Å². The summed E-state index contributed by atoms with van der Waals surface area (Å²) in [6.45, 7) is 8.83. The van der Waals surface area contributed by atoms with Crippen LogP contribution in [0.25, 0.3) is 0 Å². The molecule has 0 radical (unpaired) electrons. The van der Waals surface area contributed by atoms with E-state index in [0.717, 1.165) is 24.9 Å². The van der Waals surface area contributed by atoms with Crippen LogP contribution in [-0.2, 0) is 13.6 Å². The number of nitrogens with zero attached hydrogens (tertiary/aromatic N) is 5. The van der Waals surface area contributed by atoms with E-state index in [1.54, 1.807) is 11.0 Å². The molecule has 0 aliphatic rings. The fourth-order valence-electron chi connectivity index (χ4n) is 2.76. The van der Waals surface area contributed by atoms with E-state index in [1.807, 2.05) is 7.05 Å². The Labute approximate surface area is 140 Å². The fraction of sp³-hybridized carbons (Fsp3) is 0.812. The lowest BCUT2D eigenvalue weighted by Gasteiger charge is -2.32. The summed E-state index contributed by atoms with van der Waals surface area (Å²) in [5.41, 5.74) is 0. The molecule has 2 N–H and O–H groups in total. The van der Waals surface area contributed by atoms with Crippen LogP contribution in [0, 0.1) is 5.92 Å². The van der Waals surface area contributed by atoms with Gasteiger partial charge in [-0.1, -0.05) is 26.7 Å². The molecule has 0 amide bonds. The van der Waals surface area contributed by atoms with Crippen LogP contribution in [0.1, 0.15) is 39.4 Å². The molecule has 7 heteroatoms. The molecule has 0 fully saturated rings. The minimum Gasteiger partial charge on any atom is -0.357 e. The van der Waals surface area contributed by atoms with E-state index in [-0.39, 0.29) is 0 Å². The molecular weight excluding hydrogens is 290 g/mol. The van der Waals surface area contributed by atoms with Crippen molar-refractivity contribution < 1.29 is 0 Å². The lowest BCUT2D eigenvalue weighted by Crippen LogP contribution is -2.48. The molecular formula is C16H33N7. The Morgan fingerprint density at radius 3 is 2.43 bits per heavy atom. The highest BCUT2D eigenvalue weighted by atomic mass is 15.3. The van der Waals surface area contributed by atoms with Crippen molar-refractivity contribution in [2.45, 2.75) is 46.2 Å². The van der Waals surface area contributed by atoms with Crippen LogP contribution in [0.15, 0.2) is 11.3 Å². The Kier molecular flexibility index (Phi) is 8.61. The monoisotopic (exact) mass is 323 g/mol. The molecule has 0 aromatic carbocycles. The van der Waals surface area contributed by atoms with Gasteiger partial charge in [0.25, 0.3) is 0 Å². The first kappa shape index (κ1) is 19.4. The number of hydrogen-bond donors (Lipinski definition) is 2. The third-order valence-electron chi connectivity index (χ3n) is 4.26. The molecule has 7 nitrogen and oxygen atoms in total. The molecule has 1 heterocycles. The van der Waals surface area contributed by atoms with Crippen LogP contribution in [0.2, 0.25) is 0 Å². The van der Waals surface area contributed by atoms with E-state index in [9.17, 15) is 0 Å². The van der Waals surface area contributed by atoms with Crippen molar-refractivity contribution in [2.24, 2.45) is 18.0 Å². The summed E-state index contributed by atoms with van der Waals surface area (Å²) < 4.78 is 1.75. The van der Waals surface area contributed by atoms with E-state index in [4.69, 9.17) is 0 Å². The molecule has 1 aromatic heterocycles. The number of aliphatic imine (C=N–C) groups is 1. The molecule has 0 aliphatic carbocycles. The van der Waals surface area contributed by atoms with Gasteiger partial charge in [0.05, 0.1) is 0 Å². The Hall–Kier alpha value is -1.63. The minimum absolute atomic E-state index is 0.490. The highest BCUT2D eigenvalue weighted by Gasteiger charge is 2.20. The van der Waals surface area contributed by atoms with Crippen molar-refractivity contribution >= 4 is 5.96 Å². The first-order valence-electron chi connectivity index (χ1n) is 8.54. The molecule has 1 aromatic rings. The fourth-order valence-corrected chi connectivity index (χ4v) is 2.76. The van der Waals surface area contributed by atoms with Crippen molar-refractivity contribution in [3.8, 4) is 0 Å². The van der Waals surface area contributed by atoms with Gasteiger partial charge in [-0.05, 0) is 26.9 Å². The number of rotatable bonds is 9. The average molecular weight is 323 g/mol. The second-order valence-electron chi connectivity index (χ2n) is 5.98. The van der Waals surface area contributed by atoms with Crippen LogP contribution < -0.4 is 10.6 Å². The van der Waals surface area contributed by atoms with Crippen LogP contribution in [0.3, 0.4) is 0 Å². The third-order valence-corrected chi connectivity index (χ3v) is 4.26. The average Bonchev–Trinajstić information content (AvgIpc) is 2.93. The number of likely N-dealkylation sites (N-methyl/N-ethyl adjacent to an activating group) is 1. The maximum Gasteiger partial charge on any atom is 0.191 e. The normalized spacial score (nSPS) is 13.7. The Balaban J connectivity index is 2.68. The van der Waals surface area contributed by atoms with E-state index in [1.165, 1.54) is 12.8 Å². The van der Waals surface area contributed by atoms with Gasteiger partial charge in [-0.2, -0.15) is 5.10 Å². The standard InChI is InChI=1S/C16H33N7/c1-7-13(8-2)14(22(4)5)10-18-16(17-9-3)19-11-15-20-12-21-23(15)6/h12-14H,7-11H2,1-6H3,(H2,17,18,19). The summed E-state index contributed by atoms with van der Waals surface area (Å²) in [7, 11) is 6.18. The topological polar surface area (TPSA) is 70.4 Å². The zero-order valence-electron chi connectivity index (χ0n) is 15.5. The second kappa shape index (κ2) is 10.2. The summed E-state index contributed by atoms with van der Waals surface area (Å²) in [6, 6.07) is 0.490. The van der Waals surface area contributed by atoms with Crippen LogP contribution in [0.5, 0.6) is 0 Å². The molecule has 1 unspecified atom stereocenters. The molecule has 0 saturated carbocycles. The lowest BCUT2D eigenvalue weighted by atomic mass is 9.93. The summed E-state index contributed by atoms with van der Waals surface area (Å²) in [4.78, 5) is 11.1. The van der Waals surface area contributed by atoms with Crippen LogP contribution in [-0.4, -0.2) is 58.9 Å². The molecule has 0 aliphatic heterocycles. The maximum absolute atomic E-state index is 4.61. The van der Waals surface area contributed by atoms with Crippen LogP contribution in [0.4, 0.5) is 0 Å². The van der Waals surface area contributed by atoms with E-state index < -0.39 is 0 Å². The second-order valence-corrected chi connectivity index (χ2v) is 5.98. The first-order valence-corrected chi connectivity index (χ1v) is 8.54. The van der Waals surface area contributed by atoms with Gasteiger partial charge in [-0.25, -0.2) is 9.98 Å². The van der Waals surface area contributed by atoms with E-state index >= 15 is 0 Å². The number of hydrogen-bond acceptors (Lipinski definition) is 4. The van der Waals surface area contributed by atoms with Gasteiger partial charge in [-0.3, -0.25) is 4.68 Å². The van der Waals surface area contributed by atoms with Gasteiger partial charge >= 0.3 is 0 Å². The van der Waals surface area contributed by atoms with Crippen molar-refractivity contribution in [1.29, 1.82) is 0 Å². The highest BCUT2D eigenvalue weighted by Crippen LogP contribution is 2.16. The smallest absolute Gasteiger partial charge is 0.191 e. The number of guanidine groups is 1. The molecule has 0 spiro atoms. The van der Waals surface area contributed by atoms with Crippen molar-refractivity contribution in [3.63, 3.8) is 0 Å². The zero-order chi connectivity index (χ0) is 17.2. The number of nitrogens with one attached hydrogen (secondary N) is 2. The Bertz CT molecular complexity index is 463. The zero-order valence-corrected chi connectivity index (χ0v) is 15.5. The van der Waals surface area contributed by atoms with E-state index in [0.29, 0.717) is 18.5 Å². The van der Waals surface area contributed by atoms with Crippen molar-refractivity contribution in [2.75, 3.05) is 27.2 Å². The Morgan fingerprint density at radius 1 is 1.26 bits per heavy atom. The third kappa shape index (κ3) is 6.17. The minimum atomic E-state index is 0.490. The number of aryl methyl sites for hydroxylation is 1. The maximum atomic E-state index is 4.61. The largest absolute Gasteiger partial charge is 0.357 e. The van der Waals surface area contributed by atoms with Crippen molar-refractivity contribution in [3.05, 3.63) is 12.2 Å². The van der Waals surface area contributed by atoms with Gasteiger partial charge in [-0.15, -0.1) is 0 Å². The summed E-state index contributed by atoms with van der Waals surface area (Å²) in [5.74, 6) is 2.36. The SMILES string of the molecule is CCNC(=NCc1ncnn1C)NCC(C(CC)CC)N(C)C. The molecule has 0 saturated heterocycles. The van der Waals surface area contributed by atoms with Gasteiger partial charge in [0.15, 0.2) is 5.96 Å². The molecule has 0 bridgehead atoms. The summed E-state index contributed by atoms with van der Waals surface area (Å²) >= 11 is 0. The lowest BCUT2D eigenvalue weighted by molar-refractivity contribution is 0.200. The predicted octanol–water partition coefficient (Wildman–Crippen LogP) is 1.24.